The van der Waals surface area contributed by atoms with E-state index in [1.165, 1.54) is 30.0 Å². The second-order valence-electron chi connectivity index (χ2n) is 5.23. The number of benzene rings is 1. The second kappa shape index (κ2) is 6.55. The summed E-state index contributed by atoms with van der Waals surface area (Å²) < 4.78 is 32.2. The molecule has 1 atom stereocenters. The summed E-state index contributed by atoms with van der Waals surface area (Å²) in [6.07, 6.45) is -0.507. The Morgan fingerprint density at radius 2 is 2.13 bits per heavy atom. The zero-order valence-electron chi connectivity index (χ0n) is 12.8. The van der Waals surface area contributed by atoms with Crippen molar-refractivity contribution in [2.24, 2.45) is 0 Å². The Labute approximate surface area is 134 Å². The van der Waals surface area contributed by atoms with E-state index in [1.54, 1.807) is 0 Å². The Morgan fingerprint density at radius 3 is 2.74 bits per heavy atom. The van der Waals surface area contributed by atoms with E-state index in [1.807, 2.05) is 6.92 Å². The average molecular weight is 342 g/mol. The van der Waals surface area contributed by atoms with Gasteiger partial charge in [0.05, 0.1) is 23.5 Å². The predicted molar refractivity (Wildman–Crippen MR) is 82.0 cm³/mol. The SMILES string of the molecule is CC(=O)N1CC(C)Oc2ccc(S(=O)(=O)NCCC(=O)O)cc21. The first-order chi connectivity index (χ1) is 10.7. The molecule has 0 saturated heterocycles. The van der Waals surface area contributed by atoms with E-state index in [0.717, 1.165) is 0 Å². The Kier molecular flexibility index (Phi) is 4.90. The van der Waals surface area contributed by atoms with Crippen LogP contribution in [-0.2, 0) is 19.6 Å². The standard InChI is InChI=1S/C14H18N2O6S/c1-9-8-16(10(2)17)12-7-11(3-4-13(12)22-9)23(20,21)15-6-5-14(18)19/h3-4,7,9,15H,5-6,8H2,1-2H3,(H,18,19). The molecule has 0 fully saturated rings. The summed E-state index contributed by atoms with van der Waals surface area (Å²) in [5, 5.41) is 8.56. The third-order valence-electron chi connectivity index (χ3n) is 3.31. The van der Waals surface area contributed by atoms with E-state index in [9.17, 15) is 18.0 Å². The van der Waals surface area contributed by atoms with Gasteiger partial charge in [0, 0.05) is 13.5 Å². The number of nitrogens with one attached hydrogen (secondary N) is 1. The van der Waals surface area contributed by atoms with Gasteiger partial charge in [-0.1, -0.05) is 0 Å². The van der Waals surface area contributed by atoms with Gasteiger partial charge in [0.1, 0.15) is 11.9 Å². The number of ether oxygens (including phenoxy) is 1. The van der Waals surface area contributed by atoms with Gasteiger partial charge in [-0.25, -0.2) is 13.1 Å². The van der Waals surface area contributed by atoms with Crippen LogP contribution in [0.1, 0.15) is 20.3 Å². The first-order valence-electron chi connectivity index (χ1n) is 7.01. The first kappa shape index (κ1) is 17.2. The van der Waals surface area contributed by atoms with Gasteiger partial charge in [-0.3, -0.25) is 9.59 Å². The van der Waals surface area contributed by atoms with E-state index in [2.05, 4.69) is 4.72 Å². The topological polar surface area (TPSA) is 113 Å². The minimum atomic E-state index is -3.86. The van der Waals surface area contributed by atoms with Crippen LogP contribution in [0, 0.1) is 0 Å². The molecule has 0 aromatic heterocycles. The average Bonchev–Trinajstić information content (AvgIpc) is 2.44. The number of amides is 1. The van der Waals surface area contributed by atoms with Crippen molar-refractivity contribution in [3.05, 3.63) is 18.2 Å². The Balaban J connectivity index is 2.30. The number of carboxylic acid groups (broad SMARTS) is 1. The smallest absolute Gasteiger partial charge is 0.304 e. The zero-order valence-corrected chi connectivity index (χ0v) is 13.6. The summed E-state index contributed by atoms with van der Waals surface area (Å²) >= 11 is 0. The highest BCUT2D eigenvalue weighted by Gasteiger charge is 2.27. The fourth-order valence-corrected chi connectivity index (χ4v) is 3.31. The van der Waals surface area contributed by atoms with Crippen LogP contribution >= 0.6 is 0 Å². The Morgan fingerprint density at radius 1 is 1.43 bits per heavy atom. The molecule has 0 aliphatic carbocycles. The molecule has 2 N–H and O–H groups in total. The number of anilines is 1. The van der Waals surface area contributed by atoms with E-state index < -0.39 is 16.0 Å². The molecule has 1 aromatic carbocycles. The minimum Gasteiger partial charge on any atom is -0.487 e. The van der Waals surface area contributed by atoms with Gasteiger partial charge >= 0.3 is 5.97 Å². The fraction of sp³-hybridized carbons (Fsp3) is 0.429. The quantitative estimate of drug-likeness (QED) is 0.809. The van der Waals surface area contributed by atoms with Crippen molar-refractivity contribution in [2.75, 3.05) is 18.0 Å². The second-order valence-corrected chi connectivity index (χ2v) is 7.00. The maximum atomic E-state index is 12.2. The molecule has 9 heteroatoms. The summed E-state index contributed by atoms with van der Waals surface area (Å²) in [7, 11) is -3.86. The Bertz CT molecular complexity index is 731. The van der Waals surface area contributed by atoms with Crippen LogP contribution in [0.2, 0.25) is 0 Å². The first-order valence-corrected chi connectivity index (χ1v) is 8.49. The van der Waals surface area contributed by atoms with Crippen molar-refractivity contribution < 1.29 is 27.9 Å². The van der Waals surface area contributed by atoms with Crippen LogP contribution in [0.5, 0.6) is 5.75 Å². The molecule has 126 valence electrons. The van der Waals surface area contributed by atoms with Crippen LogP contribution < -0.4 is 14.4 Å². The highest BCUT2D eigenvalue weighted by atomic mass is 32.2. The molecule has 1 heterocycles. The number of hydrogen-bond acceptors (Lipinski definition) is 5. The Hall–Kier alpha value is -2.13. The molecular weight excluding hydrogens is 324 g/mol. The number of aliphatic carboxylic acids is 1. The maximum absolute atomic E-state index is 12.2. The molecule has 8 nitrogen and oxygen atoms in total. The van der Waals surface area contributed by atoms with Crippen molar-refractivity contribution in [3.63, 3.8) is 0 Å². The van der Waals surface area contributed by atoms with Gasteiger partial charge < -0.3 is 14.7 Å². The van der Waals surface area contributed by atoms with Crippen LogP contribution in [0.25, 0.3) is 0 Å². The van der Waals surface area contributed by atoms with E-state index in [0.29, 0.717) is 18.0 Å². The number of hydrogen-bond donors (Lipinski definition) is 2. The third-order valence-corrected chi connectivity index (χ3v) is 4.77. The lowest BCUT2D eigenvalue weighted by Gasteiger charge is -2.33. The molecule has 0 radical (unpaired) electrons. The van der Waals surface area contributed by atoms with Crippen LogP contribution in [0.15, 0.2) is 23.1 Å². The van der Waals surface area contributed by atoms with Crippen LogP contribution in [-0.4, -0.2) is 44.6 Å². The van der Waals surface area contributed by atoms with Crippen molar-refractivity contribution >= 4 is 27.6 Å². The molecule has 2 rings (SSSR count). The van der Waals surface area contributed by atoms with E-state index >= 15 is 0 Å². The van der Waals surface area contributed by atoms with Crippen LogP contribution in [0.4, 0.5) is 5.69 Å². The molecule has 0 spiro atoms. The van der Waals surface area contributed by atoms with Crippen molar-refractivity contribution in [1.82, 2.24) is 4.72 Å². The maximum Gasteiger partial charge on any atom is 0.304 e. The number of sulfonamides is 1. The van der Waals surface area contributed by atoms with E-state index in [-0.39, 0.29) is 29.9 Å². The minimum absolute atomic E-state index is 0.0500. The van der Waals surface area contributed by atoms with Gasteiger partial charge in [0.15, 0.2) is 0 Å². The molecule has 0 saturated carbocycles. The lowest BCUT2D eigenvalue weighted by atomic mass is 10.2. The summed E-state index contributed by atoms with van der Waals surface area (Å²) in [5.74, 6) is -0.874. The van der Waals surface area contributed by atoms with Crippen molar-refractivity contribution in [2.45, 2.75) is 31.3 Å². The zero-order chi connectivity index (χ0) is 17.2. The lowest BCUT2D eigenvalue weighted by molar-refractivity contribution is -0.136. The van der Waals surface area contributed by atoms with Gasteiger partial charge in [-0.15, -0.1) is 0 Å². The van der Waals surface area contributed by atoms with Gasteiger partial charge in [0.25, 0.3) is 0 Å². The summed E-state index contributed by atoms with van der Waals surface area (Å²) in [5.41, 5.74) is 0.386. The number of carbonyl (C=O) groups excluding carboxylic acids is 1. The summed E-state index contributed by atoms with van der Waals surface area (Å²) in [4.78, 5) is 23.6. The summed E-state index contributed by atoms with van der Waals surface area (Å²) in [6.45, 7) is 3.34. The molecule has 23 heavy (non-hydrogen) atoms. The van der Waals surface area contributed by atoms with E-state index in [4.69, 9.17) is 9.84 Å². The van der Waals surface area contributed by atoms with Crippen LogP contribution in [0.3, 0.4) is 0 Å². The number of carbonyl (C=O) groups is 2. The highest BCUT2D eigenvalue weighted by molar-refractivity contribution is 7.89. The predicted octanol–water partition coefficient (Wildman–Crippen LogP) is 0.573. The number of nitrogens with zero attached hydrogens (tertiary/aromatic N) is 1. The normalized spacial score (nSPS) is 17.3. The molecular formula is C14H18N2O6S. The van der Waals surface area contributed by atoms with Gasteiger partial charge in [-0.05, 0) is 25.1 Å². The fourth-order valence-electron chi connectivity index (χ4n) is 2.26. The van der Waals surface area contributed by atoms with Gasteiger partial charge in [0.2, 0.25) is 15.9 Å². The van der Waals surface area contributed by atoms with Crippen molar-refractivity contribution in [3.8, 4) is 5.75 Å². The number of fused-ring (bicyclic) bond motifs is 1. The molecule has 0 bridgehead atoms. The summed E-state index contributed by atoms with van der Waals surface area (Å²) in [6, 6.07) is 4.21. The molecule has 1 aliphatic rings. The molecule has 1 unspecified atom stereocenters. The highest BCUT2D eigenvalue weighted by Crippen LogP contribution is 2.35. The lowest BCUT2D eigenvalue weighted by Crippen LogP contribution is -2.41. The third kappa shape index (κ3) is 3.99. The molecule has 1 amide bonds. The van der Waals surface area contributed by atoms with Gasteiger partial charge in [-0.2, -0.15) is 0 Å². The number of rotatable bonds is 5. The largest absolute Gasteiger partial charge is 0.487 e. The number of carboxylic acids is 1. The molecule has 1 aliphatic heterocycles. The molecule has 1 aromatic rings. The van der Waals surface area contributed by atoms with Crippen molar-refractivity contribution in [1.29, 1.82) is 0 Å². The monoisotopic (exact) mass is 342 g/mol.